The van der Waals surface area contributed by atoms with Gasteiger partial charge in [0.05, 0.1) is 23.8 Å². The summed E-state index contributed by atoms with van der Waals surface area (Å²) in [6, 6.07) is 15.1. The van der Waals surface area contributed by atoms with Crippen LogP contribution in [-0.2, 0) is 22.6 Å². The molecule has 0 saturated carbocycles. The highest BCUT2D eigenvalue weighted by atomic mass is 16.5. The molecule has 0 aliphatic carbocycles. The van der Waals surface area contributed by atoms with Crippen molar-refractivity contribution in [3.63, 3.8) is 0 Å². The number of imidazole rings is 1. The number of rotatable bonds is 10. The van der Waals surface area contributed by atoms with E-state index in [4.69, 9.17) is 9.72 Å². The van der Waals surface area contributed by atoms with E-state index in [2.05, 4.69) is 10.6 Å². The lowest BCUT2D eigenvalue weighted by Gasteiger charge is -2.12. The fourth-order valence-corrected chi connectivity index (χ4v) is 3.36. The summed E-state index contributed by atoms with van der Waals surface area (Å²) in [6.07, 6.45) is 2.81. The van der Waals surface area contributed by atoms with Crippen molar-refractivity contribution >= 4 is 28.5 Å². The first-order valence-corrected chi connectivity index (χ1v) is 10.3. The third-order valence-corrected chi connectivity index (χ3v) is 4.79. The van der Waals surface area contributed by atoms with Crippen molar-refractivity contribution in [2.24, 2.45) is 0 Å². The maximum Gasteiger partial charge on any atom is 0.244 e. The average Bonchev–Trinajstić information content (AvgIpc) is 3.09. The summed E-state index contributed by atoms with van der Waals surface area (Å²) in [5.41, 5.74) is 2.40. The minimum Gasteiger partial charge on any atom is -0.495 e. The molecule has 1 heterocycles. The summed E-state index contributed by atoms with van der Waals surface area (Å²) in [5, 5.41) is 5.84. The Morgan fingerprint density at radius 2 is 1.83 bits per heavy atom. The van der Waals surface area contributed by atoms with Crippen molar-refractivity contribution in [1.29, 1.82) is 0 Å². The van der Waals surface area contributed by atoms with Crippen molar-refractivity contribution in [3.8, 4) is 5.75 Å². The molecule has 0 radical (unpaired) electrons. The second-order valence-corrected chi connectivity index (χ2v) is 7.05. The van der Waals surface area contributed by atoms with E-state index in [9.17, 15) is 9.59 Å². The minimum atomic E-state index is -0.153. The Balaban J connectivity index is 1.71. The standard InChI is InChI=1S/C23H28N4O3/c1-3-9-22(28)24-15-8-14-21-25-17-10-4-6-12-19(17)27(21)16-23(29)26-18-11-5-7-13-20(18)30-2/h4-7,10-13H,3,8-9,14-16H2,1-2H3,(H,24,28)(H,26,29). The number of anilines is 1. The topological polar surface area (TPSA) is 85.2 Å². The molecule has 3 rings (SSSR count). The molecule has 7 heteroatoms. The number of hydrogen-bond donors (Lipinski definition) is 2. The van der Waals surface area contributed by atoms with Gasteiger partial charge in [-0.2, -0.15) is 0 Å². The van der Waals surface area contributed by atoms with Gasteiger partial charge in [-0.15, -0.1) is 0 Å². The summed E-state index contributed by atoms with van der Waals surface area (Å²) >= 11 is 0. The molecule has 2 N–H and O–H groups in total. The molecule has 0 bridgehead atoms. The number of methoxy groups -OCH3 is 1. The van der Waals surface area contributed by atoms with Gasteiger partial charge in [0, 0.05) is 19.4 Å². The van der Waals surface area contributed by atoms with Gasteiger partial charge in [-0.05, 0) is 37.1 Å². The zero-order valence-corrected chi connectivity index (χ0v) is 17.5. The Morgan fingerprint density at radius 3 is 2.63 bits per heavy atom. The zero-order valence-electron chi connectivity index (χ0n) is 17.5. The lowest BCUT2D eigenvalue weighted by Crippen LogP contribution is -2.25. The maximum absolute atomic E-state index is 12.8. The number of carbonyl (C=O) groups excluding carboxylic acids is 2. The van der Waals surface area contributed by atoms with Gasteiger partial charge in [-0.3, -0.25) is 9.59 Å². The summed E-state index contributed by atoms with van der Waals surface area (Å²) in [6.45, 7) is 2.73. The summed E-state index contributed by atoms with van der Waals surface area (Å²) in [5.74, 6) is 1.36. The van der Waals surface area contributed by atoms with Crippen LogP contribution in [0.1, 0.15) is 32.0 Å². The molecule has 3 aromatic rings. The monoisotopic (exact) mass is 408 g/mol. The van der Waals surface area contributed by atoms with Crippen molar-refractivity contribution in [2.45, 2.75) is 39.2 Å². The number of hydrogen-bond acceptors (Lipinski definition) is 4. The van der Waals surface area contributed by atoms with Gasteiger partial charge in [0.25, 0.3) is 0 Å². The third-order valence-electron chi connectivity index (χ3n) is 4.79. The number of amides is 2. The van der Waals surface area contributed by atoms with Gasteiger partial charge in [0.2, 0.25) is 11.8 Å². The normalized spacial score (nSPS) is 10.7. The molecular formula is C23H28N4O3. The Labute approximate surface area is 176 Å². The number of benzene rings is 2. The van der Waals surface area contributed by atoms with Crippen LogP contribution < -0.4 is 15.4 Å². The predicted molar refractivity (Wildman–Crippen MR) is 118 cm³/mol. The minimum absolute atomic E-state index is 0.0715. The number of para-hydroxylation sites is 4. The molecule has 0 saturated heterocycles. The van der Waals surface area contributed by atoms with E-state index >= 15 is 0 Å². The number of fused-ring (bicyclic) bond motifs is 1. The lowest BCUT2D eigenvalue weighted by molar-refractivity contribution is -0.121. The number of aromatic nitrogens is 2. The molecule has 158 valence electrons. The van der Waals surface area contributed by atoms with E-state index in [0.717, 1.165) is 29.7 Å². The quantitative estimate of drug-likeness (QED) is 0.503. The number of carbonyl (C=O) groups is 2. The van der Waals surface area contributed by atoms with Gasteiger partial charge in [-0.1, -0.05) is 31.2 Å². The second-order valence-electron chi connectivity index (χ2n) is 7.05. The molecule has 0 fully saturated rings. The van der Waals surface area contributed by atoms with Crippen molar-refractivity contribution < 1.29 is 14.3 Å². The largest absolute Gasteiger partial charge is 0.495 e. The zero-order chi connectivity index (χ0) is 21.3. The number of ether oxygens (including phenoxy) is 1. The molecule has 0 atom stereocenters. The van der Waals surface area contributed by atoms with E-state index in [0.29, 0.717) is 30.8 Å². The molecule has 2 amide bonds. The fraction of sp³-hybridized carbons (Fsp3) is 0.348. The first-order valence-electron chi connectivity index (χ1n) is 10.3. The molecular weight excluding hydrogens is 380 g/mol. The Kier molecular flexibility index (Phi) is 7.43. The Hall–Kier alpha value is -3.35. The van der Waals surface area contributed by atoms with E-state index < -0.39 is 0 Å². The van der Waals surface area contributed by atoms with Gasteiger partial charge in [-0.25, -0.2) is 4.98 Å². The molecule has 1 aromatic heterocycles. The van der Waals surface area contributed by atoms with Crippen LogP contribution in [0, 0.1) is 0 Å². The van der Waals surface area contributed by atoms with E-state index in [1.54, 1.807) is 13.2 Å². The number of aryl methyl sites for hydroxylation is 1. The number of nitrogens with zero attached hydrogens (tertiary/aromatic N) is 2. The fourth-order valence-electron chi connectivity index (χ4n) is 3.36. The Morgan fingerprint density at radius 1 is 1.07 bits per heavy atom. The van der Waals surface area contributed by atoms with Gasteiger partial charge in [0.15, 0.2) is 0 Å². The molecule has 30 heavy (non-hydrogen) atoms. The lowest BCUT2D eigenvalue weighted by atomic mass is 10.2. The molecule has 7 nitrogen and oxygen atoms in total. The van der Waals surface area contributed by atoms with Crippen LogP contribution in [0.4, 0.5) is 5.69 Å². The van der Waals surface area contributed by atoms with Crippen LogP contribution in [0.5, 0.6) is 5.75 Å². The van der Waals surface area contributed by atoms with Crippen molar-refractivity contribution in [1.82, 2.24) is 14.9 Å². The molecule has 0 aliphatic rings. The van der Waals surface area contributed by atoms with Crippen molar-refractivity contribution in [2.75, 3.05) is 19.0 Å². The van der Waals surface area contributed by atoms with E-state index in [1.165, 1.54) is 0 Å². The van der Waals surface area contributed by atoms with Crippen LogP contribution >= 0.6 is 0 Å². The van der Waals surface area contributed by atoms with E-state index in [1.807, 2.05) is 54.0 Å². The smallest absolute Gasteiger partial charge is 0.244 e. The van der Waals surface area contributed by atoms with Crippen molar-refractivity contribution in [3.05, 3.63) is 54.4 Å². The first kappa shape index (κ1) is 21.4. The SMILES string of the molecule is CCCC(=O)NCCCc1nc2ccccc2n1CC(=O)Nc1ccccc1OC. The van der Waals surface area contributed by atoms with E-state index in [-0.39, 0.29) is 18.4 Å². The maximum atomic E-state index is 12.8. The predicted octanol–water partition coefficient (Wildman–Crippen LogP) is 3.53. The van der Waals surface area contributed by atoms with Crippen LogP contribution in [-0.4, -0.2) is 35.0 Å². The van der Waals surface area contributed by atoms with Crippen LogP contribution in [0.15, 0.2) is 48.5 Å². The highest BCUT2D eigenvalue weighted by Gasteiger charge is 2.15. The molecule has 0 spiro atoms. The second kappa shape index (κ2) is 10.4. The van der Waals surface area contributed by atoms with Crippen LogP contribution in [0.2, 0.25) is 0 Å². The third kappa shape index (κ3) is 5.37. The summed E-state index contributed by atoms with van der Waals surface area (Å²) in [7, 11) is 1.58. The van der Waals surface area contributed by atoms with Crippen LogP contribution in [0.3, 0.4) is 0 Å². The highest BCUT2D eigenvalue weighted by molar-refractivity contribution is 5.93. The summed E-state index contributed by atoms with van der Waals surface area (Å²) in [4.78, 5) is 29.1. The summed E-state index contributed by atoms with van der Waals surface area (Å²) < 4.78 is 7.25. The van der Waals surface area contributed by atoms with Crippen LogP contribution in [0.25, 0.3) is 11.0 Å². The molecule has 0 aliphatic heterocycles. The van der Waals surface area contributed by atoms with Gasteiger partial charge < -0.3 is 19.9 Å². The average molecular weight is 409 g/mol. The Bertz CT molecular complexity index is 1010. The number of nitrogens with one attached hydrogen (secondary N) is 2. The van der Waals surface area contributed by atoms with Gasteiger partial charge >= 0.3 is 0 Å². The molecule has 2 aromatic carbocycles. The highest BCUT2D eigenvalue weighted by Crippen LogP contribution is 2.23. The first-order chi connectivity index (χ1) is 14.6. The molecule has 0 unspecified atom stereocenters. The van der Waals surface area contributed by atoms with Gasteiger partial charge in [0.1, 0.15) is 18.1 Å².